The molecular weight excluding hydrogens is 446 g/mol. The molecule has 8 heteroatoms. The minimum absolute atomic E-state index is 0.0916. The maximum absolute atomic E-state index is 13.2. The van der Waals surface area contributed by atoms with Crippen LogP contribution >= 0.6 is 15.9 Å². The smallest absolute Gasteiger partial charge is 0.276 e. The standard InChI is InChI=1S/C22H28BrN5O2/c1-15-20(25-26-28(15)19-11-5-8-17(23)13-19)22(30)27-12-6-7-16(14-27)21(29)24-18-9-3-2-4-10-18/h5,8,11,13,16,18H,2-4,6-7,9-10,12,14H2,1H3,(H,24,29). The molecule has 7 nitrogen and oxygen atoms in total. The number of nitrogens with zero attached hydrogens (tertiary/aromatic N) is 4. The number of piperidine rings is 1. The first kappa shape index (κ1) is 21.0. The fourth-order valence-corrected chi connectivity index (χ4v) is 4.86. The van der Waals surface area contributed by atoms with E-state index in [9.17, 15) is 9.59 Å². The van der Waals surface area contributed by atoms with Gasteiger partial charge >= 0.3 is 0 Å². The minimum Gasteiger partial charge on any atom is -0.353 e. The van der Waals surface area contributed by atoms with Gasteiger partial charge in [-0.1, -0.05) is 46.5 Å². The SMILES string of the molecule is Cc1c(C(=O)N2CCCC(C(=O)NC3CCCCC3)C2)nnn1-c1cccc(Br)c1. The summed E-state index contributed by atoms with van der Waals surface area (Å²) >= 11 is 3.46. The van der Waals surface area contributed by atoms with E-state index in [1.54, 1.807) is 9.58 Å². The number of likely N-dealkylation sites (tertiary alicyclic amines) is 1. The first-order valence-electron chi connectivity index (χ1n) is 10.8. The van der Waals surface area contributed by atoms with Gasteiger partial charge in [0, 0.05) is 23.6 Å². The van der Waals surface area contributed by atoms with Crippen LogP contribution in [0.1, 0.15) is 61.1 Å². The van der Waals surface area contributed by atoms with E-state index in [1.165, 1.54) is 19.3 Å². The van der Waals surface area contributed by atoms with Crippen molar-refractivity contribution in [1.29, 1.82) is 0 Å². The van der Waals surface area contributed by atoms with E-state index in [0.717, 1.165) is 35.8 Å². The van der Waals surface area contributed by atoms with Crippen LogP contribution < -0.4 is 5.32 Å². The summed E-state index contributed by atoms with van der Waals surface area (Å²) in [7, 11) is 0. The van der Waals surface area contributed by atoms with Crippen LogP contribution in [0.5, 0.6) is 0 Å². The number of carbonyl (C=O) groups excluding carboxylic acids is 2. The molecule has 30 heavy (non-hydrogen) atoms. The van der Waals surface area contributed by atoms with Gasteiger partial charge in [0.15, 0.2) is 5.69 Å². The van der Waals surface area contributed by atoms with E-state index in [1.807, 2.05) is 31.2 Å². The molecule has 0 bridgehead atoms. The van der Waals surface area contributed by atoms with Gasteiger partial charge in [-0.2, -0.15) is 0 Å². The van der Waals surface area contributed by atoms with Gasteiger partial charge in [-0.3, -0.25) is 9.59 Å². The van der Waals surface area contributed by atoms with E-state index in [0.29, 0.717) is 30.5 Å². The van der Waals surface area contributed by atoms with Crippen LogP contribution in [0.15, 0.2) is 28.7 Å². The number of carbonyl (C=O) groups is 2. The molecule has 1 N–H and O–H groups in total. The lowest BCUT2D eigenvalue weighted by atomic mass is 9.93. The van der Waals surface area contributed by atoms with E-state index < -0.39 is 0 Å². The normalized spacial score (nSPS) is 20.2. The van der Waals surface area contributed by atoms with E-state index >= 15 is 0 Å². The molecule has 1 saturated carbocycles. The molecule has 1 aliphatic carbocycles. The number of hydrogen-bond donors (Lipinski definition) is 1. The number of aromatic nitrogens is 3. The van der Waals surface area contributed by atoms with Gasteiger partial charge in [0.1, 0.15) is 0 Å². The largest absolute Gasteiger partial charge is 0.353 e. The summed E-state index contributed by atoms with van der Waals surface area (Å²) in [5, 5.41) is 11.6. The Bertz CT molecular complexity index is 922. The maximum Gasteiger partial charge on any atom is 0.276 e. The third-order valence-corrected chi connectivity index (χ3v) is 6.67. The second-order valence-corrected chi connectivity index (χ2v) is 9.26. The van der Waals surface area contributed by atoms with Crippen molar-refractivity contribution in [2.45, 2.75) is 57.9 Å². The molecule has 1 aromatic heterocycles. The van der Waals surface area contributed by atoms with Gasteiger partial charge < -0.3 is 10.2 Å². The Morgan fingerprint density at radius 2 is 1.93 bits per heavy atom. The molecule has 0 radical (unpaired) electrons. The molecule has 1 unspecified atom stereocenters. The molecule has 2 heterocycles. The molecule has 4 rings (SSSR count). The molecule has 1 aromatic carbocycles. The van der Waals surface area contributed by atoms with Crippen LogP contribution in [-0.4, -0.2) is 50.8 Å². The Morgan fingerprint density at radius 3 is 2.70 bits per heavy atom. The van der Waals surface area contributed by atoms with Crippen molar-refractivity contribution in [2.24, 2.45) is 5.92 Å². The highest BCUT2D eigenvalue weighted by atomic mass is 79.9. The van der Waals surface area contributed by atoms with Crippen molar-refractivity contribution >= 4 is 27.7 Å². The first-order chi connectivity index (χ1) is 14.5. The molecule has 2 fully saturated rings. The molecule has 1 aliphatic heterocycles. The highest BCUT2D eigenvalue weighted by Gasteiger charge is 2.32. The Morgan fingerprint density at radius 1 is 1.13 bits per heavy atom. The van der Waals surface area contributed by atoms with Crippen molar-refractivity contribution in [2.75, 3.05) is 13.1 Å². The summed E-state index contributed by atoms with van der Waals surface area (Å²) in [6, 6.07) is 8.01. The fourth-order valence-electron chi connectivity index (χ4n) is 4.47. The average molecular weight is 474 g/mol. The number of halogens is 1. The Labute approximate surface area is 185 Å². The predicted octanol–water partition coefficient (Wildman–Crippen LogP) is 3.64. The third-order valence-electron chi connectivity index (χ3n) is 6.18. The first-order valence-corrected chi connectivity index (χ1v) is 11.6. The van der Waals surface area contributed by atoms with Crippen LogP contribution in [0.4, 0.5) is 0 Å². The van der Waals surface area contributed by atoms with Gasteiger partial charge in [-0.25, -0.2) is 4.68 Å². The molecular formula is C22H28BrN5O2. The van der Waals surface area contributed by atoms with E-state index in [-0.39, 0.29) is 17.7 Å². The Balaban J connectivity index is 1.44. The molecule has 160 valence electrons. The summed E-state index contributed by atoms with van der Waals surface area (Å²) in [6.45, 7) is 2.95. The number of hydrogen-bond acceptors (Lipinski definition) is 4. The van der Waals surface area contributed by atoms with Gasteiger partial charge in [-0.15, -0.1) is 5.10 Å². The van der Waals surface area contributed by atoms with Crippen LogP contribution in [0.3, 0.4) is 0 Å². The summed E-state index contributed by atoms with van der Waals surface area (Å²) in [6.07, 6.45) is 7.43. The van der Waals surface area contributed by atoms with Crippen LogP contribution in [-0.2, 0) is 4.79 Å². The van der Waals surface area contributed by atoms with Gasteiger partial charge in [-0.05, 0) is 50.8 Å². The molecule has 0 spiro atoms. The summed E-state index contributed by atoms with van der Waals surface area (Å²) in [4.78, 5) is 27.7. The Kier molecular flexibility index (Phi) is 6.51. The second-order valence-electron chi connectivity index (χ2n) is 8.35. The fraction of sp³-hybridized carbons (Fsp3) is 0.545. The van der Waals surface area contributed by atoms with Crippen LogP contribution in [0.25, 0.3) is 5.69 Å². The lowest BCUT2D eigenvalue weighted by Gasteiger charge is -2.33. The molecule has 2 amide bonds. The van der Waals surface area contributed by atoms with E-state index in [4.69, 9.17) is 0 Å². The summed E-state index contributed by atoms with van der Waals surface area (Å²) < 4.78 is 2.61. The topological polar surface area (TPSA) is 80.1 Å². The zero-order chi connectivity index (χ0) is 21.1. The quantitative estimate of drug-likeness (QED) is 0.734. The zero-order valence-electron chi connectivity index (χ0n) is 17.3. The summed E-state index contributed by atoms with van der Waals surface area (Å²) in [5.74, 6) is -0.206. The van der Waals surface area contributed by atoms with Gasteiger partial charge in [0.2, 0.25) is 5.91 Å². The monoisotopic (exact) mass is 473 g/mol. The minimum atomic E-state index is -0.149. The zero-order valence-corrected chi connectivity index (χ0v) is 18.9. The highest BCUT2D eigenvalue weighted by molar-refractivity contribution is 9.10. The molecule has 1 saturated heterocycles. The van der Waals surface area contributed by atoms with Gasteiger partial charge in [0.25, 0.3) is 5.91 Å². The van der Waals surface area contributed by atoms with E-state index in [2.05, 4.69) is 31.6 Å². The van der Waals surface area contributed by atoms with Crippen LogP contribution in [0.2, 0.25) is 0 Å². The molecule has 2 aliphatic rings. The number of benzene rings is 1. The number of amides is 2. The molecule has 1 atom stereocenters. The van der Waals surface area contributed by atoms with Crippen molar-refractivity contribution in [1.82, 2.24) is 25.2 Å². The predicted molar refractivity (Wildman–Crippen MR) is 117 cm³/mol. The Hall–Kier alpha value is -2.22. The maximum atomic E-state index is 13.2. The van der Waals surface area contributed by atoms with Crippen LogP contribution in [0, 0.1) is 12.8 Å². The highest BCUT2D eigenvalue weighted by Crippen LogP contribution is 2.23. The van der Waals surface area contributed by atoms with Crippen molar-refractivity contribution in [3.8, 4) is 5.69 Å². The van der Waals surface area contributed by atoms with Crippen molar-refractivity contribution < 1.29 is 9.59 Å². The van der Waals surface area contributed by atoms with Crippen molar-refractivity contribution in [3.63, 3.8) is 0 Å². The average Bonchev–Trinajstić information content (AvgIpc) is 3.15. The molecule has 2 aromatic rings. The third kappa shape index (κ3) is 4.58. The van der Waals surface area contributed by atoms with Crippen molar-refractivity contribution in [3.05, 3.63) is 40.1 Å². The lowest BCUT2D eigenvalue weighted by molar-refractivity contribution is -0.127. The number of rotatable bonds is 4. The lowest BCUT2D eigenvalue weighted by Crippen LogP contribution is -2.48. The summed E-state index contributed by atoms with van der Waals surface area (Å²) in [5.41, 5.74) is 1.90. The number of nitrogens with one attached hydrogen (secondary N) is 1. The second kappa shape index (κ2) is 9.29. The van der Waals surface area contributed by atoms with Gasteiger partial charge in [0.05, 0.1) is 17.3 Å².